The smallest absolute Gasteiger partial charge is 0.353 e. The number of nitrogens with zero attached hydrogens (tertiary/aromatic N) is 3. The molecule has 7 rings (SSSR count). The number of carboxylic acid groups (broad SMARTS) is 1. The zero-order chi connectivity index (χ0) is 42.8. The van der Waals surface area contributed by atoms with Gasteiger partial charge in [-0.25, -0.2) is 14.6 Å². The Labute approximate surface area is 359 Å². The second-order valence-electron chi connectivity index (χ2n) is 15.4. The molecule has 1 aliphatic carbocycles. The van der Waals surface area contributed by atoms with Gasteiger partial charge in [0.1, 0.15) is 40.6 Å². The largest absolute Gasteiger partial charge is 0.477 e. The number of carbonyl (C=O) groups excluding carboxylic acids is 4. The van der Waals surface area contributed by atoms with Crippen molar-refractivity contribution in [2.75, 3.05) is 17.7 Å². The number of amides is 2. The molecule has 0 bridgehead atoms. The van der Waals surface area contributed by atoms with Gasteiger partial charge in [0, 0.05) is 41.8 Å². The number of benzene rings is 3. The van der Waals surface area contributed by atoms with Crippen LogP contribution in [-0.4, -0.2) is 90.8 Å². The second kappa shape index (κ2) is 17.1. The predicted molar refractivity (Wildman–Crippen MR) is 226 cm³/mol. The highest BCUT2D eigenvalue weighted by atomic mass is 35.5. The average molecular weight is 872 g/mol. The highest BCUT2D eigenvalue weighted by molar-refractivity contribution is 8.00. The molecule has 4 aromatic rings. The fraction of sp³-hybridized carbons (Fsp3) is 0.326. The number of halogens is 1. The number of ether oxygens (including phenoxy) is 2. The van der Waals surface area contributed by atoms with E-state index in [1.807, 2.05) is 91.0 Å². The molecule has 2 atom stereocenters. The molecule has 3 aliphatic rings. The number of carboxylic acids is 1. The van der Waals surface area contributed by atoms with Gasteiger partial charge in [-0.3, -0.25) is 19.3 Å². The molecule has 0 spiro atoms. The minimum atomic E-state index is -1.59. The number of nitrogens with one attached hydrogen (secondary N) is 2. The maximum atomic E-state index is 14.4. The van der Waals surface area contributed by atoms with Crippen molar-refractivity contribution in [1.29, 1.82) is 0 Å². The summed E-state index contributed by atoms with van der Waals surface area (Å²) in [6, 6.07) is 28.4. The van der Waals surface area contributed by atoms with E-state index in [2.05, 4.69) is 15.8 Å². The number of alkyl halides is 1. The van der Waals surface area contributed by atoms with Gasteiger partial charge in [-0.15, -0.1) is 34.7 Å². The summed E-state index contributed by atoms with van der Waals surface area (Å²) in [7, 11) is 0. The number of β-lactam (4-membered cyclic amide) rings is 1. The number of hydrogen-bond acceptors (Lipinski definition) is 13. The molecule has 3 N–H and O–H groups in total. The van der Waals surface area contributed by atoms with Crippen molar-refractivity contribution in [3.63, 3.8) is 0 Å². The maximum Gasteiger partial charge on any atom is 0.353 e. The molecule has 2 aliphatic heterocycles. The maximum absolute atomic E-state index is 14.4. The van der Waals surface area contributed by atoms with Crippen LogP contribution in [0.25, 0.3) is 0 Å². The van der Waals surface area contributed by atoms with E-state index >= 15 is 0 Å². The molecule has 3 aromatic carbocycles. The molecule has 14 nitrogen and oxygen atoms in total. The Kier molecular flexibility index (Phi) is 12.1. The zero-order valence-electron chi connectivity index (χ0n) is 33.0. The summed E-state index contributed by atoms with van der Waals surface area (Å²) in [6.45, 7) is 6.05. The number of hydrogen-bond donors (Lipinski definition) is 3. The Morgan fingerprint density at radius 1 is 0.950 bits per heavy atom. The van der Waals surface area contributed by atoms with Crippen molar-refractivity contribution < 1.29 is 43.4 Å². The number of oxime groups is 1. The first-order valence-electron chi connectivity index (χ1n) is 19.0. The van der Waals surface area contributed by atoms with E-state index in [1.54, 1.807) is 26.2 Å². The number of carbonyl (C=O) groups is 5. The Balaban J connectivity index is 1.25. The molecule has 1 aromatic heterocycles. The fourth-order valence-electron chi connectivity index (χ4n) is 7.22. The van der Waals surface area contributed by atoms with Crippen LogP contribution in [0.5, 0.6) is 0 Å². The fourth-order valence-corrected chi connectivity index (χ4v) is 9.79. The van der Waals surface area contributed by atoms with Gasteiger partial charge < -0.3 is 30.1 Å². The Hall–Kier alpha value is -5.71. The first-order chi connectivity index (χ1) is 28.6. The van der Waals surface area contributed by atoms with Crippen molar-refractivity contribution in [3.05, 3.63) is 130 Å². The summed E-state index contributed by atoms with van der Waals surface area (Å²) in [4.78, 5) is 77.2. The predicted octanol–water partition coefficient (Wildman–Crippen LogP) is 6.05. The van der Waals surface area contributed by atoms with E-state index in [0.717, 1.165) is 21.6 Å². The van der Waals surface area contributed by atoms with Gasteiger partial charge in [0.15, 0.2) is 10.8 Å². The van der Waals surface area contributed by atoms with Crippen LogP contribution in [0.1, 0.15) is 62.9 Å². The van der Waals surface area contributed by atoms with Crippen LogP contribution in [0.4, 0.5) is 5.13 Å². The molecule has 0 unspecified atom stereocenters. The molecule has 312 valence electrons. The lowest BCUT2D eigenvalue weighted by Crippen LogP contribution is -2.71. The summed E-state index contributed by atoms with van der Waals surface area (Å²) in [5.74, 6) is -4.09. The van der Waals surface area contributed by atoms with Crippen molar-refractivity contribution >= 4 is 75.3 Å². The monoisotopic (exact) mass is 871 g/mol. The molecule has 2 amide bonds. The van der Waals surface area contributed by atoms with Gasteiger partial charge >= 0.3 is 17.9 Å². The van der Waals surface area contributed by atoms with E-state index in [-0.39, 0.29) is 47.9 Å². The SMILES string of the molecule is CC(=O)OCC1=C(C(=O)O)N2C(=O)[C@@H](NC(=O)C(=NOC3(C(=O)OC(C)(C)C)CC(Cl)C3)c3csc(NC(c4ccccc4)(c4ccccc4)c4ccccc4)n3)[C@H]2SC1. The highest BCUT2D eigenvalue weighted by Crippen LogP contribution is 2.44. The van der Waals surface area contributed by atoms with Gasteiger partial charge in [0.25, 0.3) is 11.8 Å². The van der Waals surface area contributed by atoms with Crippen LogP contribution in [0.3, 0.4) is 0 Å². The molecular formula is C43H42ClN5O9S2. The lowest BCUT2D eigenvalue weighted by molar-refractivity contribution is -0.195. The van der Waals surface area contributed by atoms with Gasteiger partial charge in [0.2, 0.25) is 5.60 Å². The topological polar surface area (TPSA) is 186 Å². The molecule has 1 saturated carbocycles. The van der Waals surface area contributed by atoms with Crippen molar-refractivity contribution in [2.24, 2.45) is 5.16 Å². The van der Waals surface area contributed by atoms with E-state index in [9.17, 15) is 29.1 Å². The van der Waals surface area contributed by atoms with Crippen LogP contribution < -0.4 is 10.6 Å². The summed E-state index contributed by atoms with van der Waals surface area (Å²) in [5.41, 5.74) is -0.995. The van der Waals surface area contributed by atoms with Gasteiger partial charge in [-0.05, 0) is 37.5 Å². The number of anilines is 1. The molecule has 3 heterocycles. The van der Waals surface area contributed by atoms with Crippen LogP contribution in [-0.2, 0) is 43.8 Å². The lowest BCUT2D eigenvalue weighted by Gasteiger charge is -2.49. The van der Waals surface area contributed by atoms with Crippen molar-refractivity contribution in [3.8, 4) is 0 Å². The third-order valence-corrected chi connectivity index (χ3v) is 12.5. The molecule has 60 heavy (non-hydrogen) atoms. The molecular weight excluding hydrogens is 830 g/mol. The third kappa shape index (κ3) is 8.49. The zero-order valence-corrected chi connectivity index (χ0v) is 35.4. The molecule has 17 heteroatoms. The third-order valence-electron chi connectivity index (χ3n) is 10.0. The molecule has 1 saturated heterocycles. The van der Waals surface area contributed by atoms with Crippen molar-refractivity contribution in [1.82, 2.24) is 15.2 Å². The van der Waals surface area contributed by atoms with E-state index < -0.39 is 63.3 Å². The average Bonchev–Trinajstić information content (AvgIpc) is 3.67. The van der Waals surface area contributed by atoms with Crippen molar-refractivity contribution in [2.45, 2.75) is 74.1 Å². The van der Waals surface area contributed by atoms with Gasteiger partial charge in [-0.1, -0.05) is 96.2 Å². The number of thiazole rings is 1. The standard InChI is InChI=1S/C43H42ClN5O9S2/c1-25(50)56-22-26-23-59-37-33(36(52)49(37)34(26)38(53)54)46-35(51)32(48-58-42(20-30(44)21-42)39(55)57-41(2,3)4)31-24-60-40(45-31)47-43(27-14-8-5-9-15-27,28-16-10-6-11-17-28)29-18-12-7-13-19-29/h5-19,24,30,33,37H,20-23H2,1-4H3,(H,45,47)(H,46,51)(H,53,54)/t30?,33-,37-,42?/m1/s1. The van der Waals surface area contributed by atoms with Crippen LogP contribution in [0.2, 0.25) is 0 Å². The Bertz CT molecular complexity index is 2250. The highest BCUT2D eigenvalue weighted by Gasteiger charge is 2.57. The summed E-state index contributed by atoms with van der Waals surface area (Å²) in [5, 5.41) is 21.5. The molecule has 2 fully saturated rings. The van der Waals surface area contributed by atoms with E-state index in [4.69, 9.17) is 30.9 Å². The first-order valence-corrected chi connectivity index (χ1v) is 21.4. The van der Waals surface area contributed by atoms with Crippen LogP contribution >= 0.6 is 34.7 Å². The molecule has 0 radical (unpaired) electrons. The minimum absolute atomic E-state index is 0.0637. The number of esters is 2. The quantitative estimate of drug-likeness (QED) is 0.0333. The summed E-state index contributed by atoms with van der Waals surface area (Å²) in [6.07, 6.45) is 0.127. The van der Waals surface area contributed by atoms with Crippen LogP contribution in [0, 0.1) is 0 Å². The number of fused-ring (bicyclic) bond motifs is 1. The first kappa shape index (κ1) is 42.4. The second-order valence-corrected chi connectivity index (χ2v) is 18.0. The Morgan fingerprint density at radius 3 is 2.02 bits per heavy atom. The number of aliphatic carboxylic acids is 1. The number of rotatable bonds is 14. The number of aromatic nitrogens is 1. The Morgan fingerprint density at radius 2 is 1.52 bits per heavy atom. The summed E-state index contributed by atoms with van der Waals surface area (Å²) < 4.78 is 10.7. The van der Waals surface area contributed by atoms with E-state index in [1.165, 1.54) is 30.0 Å². The normalized spacial score (nSPS) is 21.5. The van der Waals surface area contributed by atoms with Gasteiger partial charge in [-0.2, -0.15) is 0 Å². The van der Waals surface area contributed by atoms with Crippen LogP contribution in [0.15, 0.2) is 113 Å². The number of thioether (sulfide) groups is 1. The van der Waals surface area contributed by atoms with E-state index in [0.29, 0.717) is 5.13 Å². The lowest BCUT2D eigenvalue weighted by atomic mass is 9.77. The van der Waals surface area contributed by atoms with Gasteiger partial charge in [0.05, 0.1) is 0 Å². The minimum Gasteiger partial charge on any atom is -0.477 e. The summed E-state index contributed by atoms with van der Waals surface area (Å²) >= 11 is 8.78.